The fraction of sp³-hybridized carbons (Fsp3) is 0.292. The van der Waals surface area contributed by atoms with Crippen LogP contribution < -0.4 is 5.32 Å². The number of aromatic nitrogens is 2. The molecule has 1 N–H and O–H groups in total. The lowest BCUT2D eigenvalue weighted by Gasteiger charge is -2.23. The maximum Gasteiger partial charge on any atom is 0.249 e. The van der Waals surface area contributed by atoms with Gasteiger partial charge in [0.2, 0.25) is 17.8 Å². The van der Waals surface area contributed by atoms with Crippen molar-refractivity contribution in [2.45, 2.75) is 13.8 Å². The van der Waals surface area contributed by atoms with Crippen LogP contribution in [0.3, 0.4) is 0 Å². The molecule has 2 aromatic carbocycles. The van der Waals surface area contributed by atoms with E-state index in [0.29, 0.717) is 22.9 Å². The van der Waals surface area contributed by atoms with Gasteiger partial charge in [0, 0.05) is 30.4 Å². The first kappa shape index (κ1) is 25.7. The number of hydrogen-bond donors (Lipinski definition) is 1. The van der Waals surface area contributed by atoms with Crippen molar-refractivity contribution in [1.29, 1.82) is 0 Å². The molecule has 0 aliphatic rings. The summed E-state index contributed by atoms with van der Waals surface area (Å²) in [5.74, 6) is -0.931. The molecule has 3 aromatic rings. The molecular weight excluding hydrogens is 482 g/mol. The molecule has 0 fully saturated rings. The molecular formula is C24H25Cl2FN4O3. The van der Waals surface area contributed by atoms with Crippen molar-refractivity contribution >= 4 is 41.0 Å². The Bertz CT molecular complexity index is 1170. The van der Waals surface area contributed by atoms with E-state index in [1.165, 1.54) is 30.2 Å². The van der Waals surface area contributed by atoms with Crippen LogP contribution in [0.2, 0.25) is 10.0 Å². The lowest BCUT2D eigenvalue weighted by molar-refractivity contribution is -0.138. The summed E-state index contributed by atoms with van der Waals surface area (Å²) in [6, 6.07) is 11.3. The molecule has 10 heteroatoms. The molecule has 0 atom stereocenters. The number of methoxy groups -OCH3 is 1. The van der Waals surface area contributed by atoms with Crippen LogP contribution in [-0.4, -0.2) is 53.1 Å². The standard InChI is InChI=1S/C24H25Cl2FN4O3/c1-15(2)11-30(23(33)14-34-3)13-22(32)29-24-28-21(16-4-6-17(25)7-5-16)12-31(24)18-8-9-20(27)19(26)10-18/h4-10,12,15H,11,13-14H2,1-3H3,(H,28,29,32). The van der Waals surface area contributed by atoms with Crippen molar-refractivity contribution in [3.8, 4) is 16.9 Å². The Morgan fingerprint density at radius 1 is 1.18 bits per heavy atom. The summed E-state index contributed by atoms with van der Waals surface area (Å²) in [4.78, 5) is 31.3. The molecule has 180 valence electrons. The number of carbonyl (C=O) groups excluding carboxylic acids is 2. The summed E-state index contributed by atoms with van der Waals surface area (Å²) in [6.45, 7) is 4.01. The third-order valence-corrected chi connectivity index (χ3v) is 5.36. The molecule has 0 aliphatic heterocycles. The van der Waals surface area contributed by atoms with Gasteiger partial charge >= 0.3 is 0 Å². The lowest BCUT2D eigenvalue weighted by atomic mass is 10.2. The molecule has 1 heterocycles. The summed E-state index contributed by atoms with van der Waals surface area (Å²) in [5.41, 5.74) is 1.83. The van der Waals surface area contributed by atoms with Gasteiger partial charge in [0.15, 0.2) is 0 Å². The van der Waals surface area contributed by atoms with Gasteiger partial charge in [0.1, 0.15) is 19.0 Å². The van der Waals surface area contributed by atoms with Crippen LogP contribution in [-0.2, 0) is 14.3 Å². The molecule has 1 aromatic heterocycles. The van der Waals surface area contributed by atoms with Crippen molar-refractivity contribution in [3.05, 3.63) is 64.5 Å². The predicted octanol–water partition coefficient (Wildman–Crippen LogP) is 5.05. The van der Waals surface area contributed by atoms with Gasteiger partial charge in [-0.05, 0) is 36.2 Å². The summed E-state index contributed by atoms with van der Waals surface area (Å²) < 4.78 is 20.3. The molecule has 34 heavy (non-hydrogen) atoms. The quantitative estimate of drug-likeness (QED) is 0.440. The fourth-order valence-electron chi connectivity index (χ4n) is 3.31. The maximum absolute atomic E-state index is 13.7. The molecule has 0 bridgehead atoms. The number of halogens is 3. The first-order valence-corrected chi connectivity index (χ1v) is 11.3. The number of imidazole rings is 1. The van der Waals surface area contributed by atoms with Crippen LogP contribution in [0.25, 0.3) is 16.9 Å². The molecule has 0 aliphatic carbocycles. The van der Waals surface area contributed by atoms with E-state index in [1.54, 1.807) is 35.0 Å². The van der Waals surface area contributed by atoms with E-state index in [-0.39, 0.29) is 35.9 Å². The van der Waals surface area contributed by atoms with E-state index in [9.17, 15) is 14.0 Å². The minimum absolute atomic E-state index is 0.0650. The number of benzene rings is 2. The van der Waals surface area contributed by atoms with E-state index in [0.717, 1.165) is 5.56 Å². The summed E-state index contributed by atoms with van der Waals surface area (Å²) in [6.07, 6.45) is 1.70. The van der Waals surface area contributed by atoms with Crippen molar-refractivity contribution in [1.82, 2.24) is 14.5 Å². The van der Waals surface area contributed by atoms with Gasteiger partial charge in [-0.1, -0.05) is 49.2 Å². The van der Waals surface area contributed by atoms with Gasteiger partial charge in [0.25, 0.3) is 0 Å². The zero-order chi connectivity index (χ0) is 24.8. The van der Waals surface area contributed by atoms with Gasteiger partial charge in [-0.25, -0.2) is 9.37 Å². The highest BCUT2D eigenvalue weighted by Crippen LogP contribution is 2.27. The number of hydrogen-bond acceptors (Lipinski definition) is 4. The molecule has 0 radical (unpaired) electrons. The molecule has 0 spiro atoms. The van der Waals surface area contributed by atoms with Gasteiger partial charge in [0.05, 0.1) is 16.4 Å². The number of amides is 2. The Kier molecular flexibility index (Phi) is 8.66. The van der Waals surface area contributed by atoms with Crippen LogP contribution in [0.15, 0.2) is 48.7 Å². The maximum atomic E-state index is 13.7. The Balaban J connectivity index is 1.93. The van der Waals surface area contributed by atoms with E-state index in [1.807, 2.05) is 13.8 Å². The topological polar surface area (TPSA) is 76.5 Å². The fourth-order valence-corrected chi connectivity index (χ4v) is 3.61. The highest BCUT2D eigenvalue weighted by molar-refractivity contribution is 6.31. The number of nitrogens with one attached hydrogen (secondary N) is 1. The first-order chi connectivity index (χ1) is 16.2. The third kappa shape index (κ3) is 6.56. The number of rotatable bonds is 9. The molecule has 0 saturated heterocycles. The Labute approximate surface area is 207 Å². The Hall–Kier alpha value is -2.94. The van der Waals surface area contributed by atoms with E-state index < -0.39 is 11.7 Å². The number of carbonyl (C=O) groups is 2. The van der Waals surface area contributed by atoms with Crippen LogP contribution >= 0.6 is 23.2 Å². The Morgan fingerprint density at radius 2 is 1.88 bits per heavy atom. The van der Waals surface area contributed by atoms with Crippen LogP contribution in [0.4, 0.5) is 10.3 Å². The highest BCUT2D eigenvalue weighted by atomic mass is 35.5. The van der Waals surface area contributed by atoms with Gasteiger partial charge in [-0.2, -0.15) is 0 Å². The second kappa shape index (κ2) is 11.5. The smallest absolute Gasteiger partial charge is 0.249 e. The molecule has 0 unspecified atom stereocenters. The summed E-state index contributed by atoms with van der Waals surface area (Å²) in [5, 5.41) is 3.27. The second-order valence-electron chi connectivity index (χ2n) is 8.07. The molecule has 3 rings (SSSR count). The molecule has 0 saturated carbocycles. The van der Waals surface area contributed by atoms with E-state index >= 15 is 0 Å². The van der Waals surface area contributed by atoms with Crippen LogP contribution in [0.1, 0.15) is 13.8 Å². The largest absolute Gasteiger partial charge is 0.375 e. The molecule has 7 nitrogen and oxygen atoms in total. The predicted molar refractivity (Wildman–Crippen MR) is 131 cm³/mol. The summed E-state index contributed by atoms with van der Waals surface area (Å²) in [7, 11) is 1.43. The number of nitrogens with zero attached hydrogens (tertiary/aromatic N) is 3. The highest BCUT2D eigenvalue weighted by Gasteiger charge is 2.20. The van der Waals surface area contributed by atoms with Gasteiger partial charge in [-0.3, -0.25) is 19.5 Å². The minimum atomic E-state index is -0.560. The van der Waals surface area contributed by atoms with Crippen LogP contribution in [0, 0.1) is 11.7 Å². The average molecular weight is 507 g/mol. The van der Waals surface area contributed by atoms with E-state index in [4.69, 9.17) is 27.9 Å². The van der Waals surface area contributed by atoms with E-state index in [2.05, 4.69) is 10.3 Å². The Morgan fingerprint density at radius 3 is 2.50 bits per heavy atom. The summed E-state index contributed by atoms with van der Waals surface area (Å²) >= 11 is 12.0. The zero-order valence-electron chi connectivity index (χ0n) is 19.0. The second-order valence-corrected chi connectivity index (χ2v) is 8.92. The van der Waals surface area contributed by atoms with Crippen molar-refractivity contribution < 1.29 is 18.7 Å². The number of anilines is 1. The number of ether oxygens (including phenoxy) is 1. The van der Waals surface area contributed by atoms with Crippen molar-refractivity contribution in [2.75, 3.05) is 32.1 Å². The van der Waals surface area contributed by atoms with Crippen molar-refractivity contribution in [2.24, 2.45) is 5.92 Å². The first-order valence-electron chi connectivity index (χ1n) is 10.5. The van der Waals surface area contributed by atoms with Crippen molar-refractivity contribution in [3.63, 3.8) is 0 Å². The van der Waals surface area contributed by atoms with Crippen LogP contribution in [0.5, 0.6) is 0 Å². The normalized spacial score (nSPS) is 11.0. The van der Waals surface area contributed by atoms with Gasteiger partial charge < -0.3 is 9.64 Å². The lowest BCUT2D eigenvalue weighted by Crippen LogP contribution is -2.42. The third-order valence-electron chi connectivity index (χ3n) is 4.82. The average Bonchev–Trinajstić information content (AvgIpc) is 3.19. The SMILES string of the molecule is COCC(=O)N(CC(=O)Nc1nc(-c2ccc(Cl)cc2)cn1-c1ccc(F)c(Cl)c1)CC(C)C. The van der Waals surface area contributed by atoms with Gasteiger partial charge in [-0.15, -0.1) is 0 Å². The molecule has 2 amide bonds. The minimum Gasteiger partial charge on any atom is -0.375 e. The zero-order valence-corrected chi connectivity index (χ0v) is 20.5. The monoisotopic (exact) mass is 506 g/mol.